The van der Waals surface area contributed by atoms with Crippen LogP contribution in [0.15, 0.2) is 115 Å². The molecule has 0 spiro atoms. The molecule has 0 aromatic heterocycles. The SMILES string of the molecule is C=C1C=CC(=O)C=C1.CC(=O)C(Cc1ccc(O)cc1)NC(=O)[C+](C)C.CC(=O)CNC(=O)[C+](C)C.CC(C)=[NH+]C(=O)C(Cc1ccc(O)cc1)NC(=O)C(C)C.CC(C)=[NH+]C=O.CC(C)C(=O)NC=Cc1ccc(O)cc1. The van der Waals surface area contributed by atoms with Gasteiger partial charge < -0.3 is 36.6 Å². The lowest BCUT2D eigenvalue weighted by molar-refractivity contribution is -0.380. The Morgan fingerprint density at radius 1 is 0.603 bits per heavy atom. The van der Waals surface area contributed by atoms with Crippen molar-refractivity contribution in [3.8, 4) is 17.2 Å². The highest BCUT2D eigenvalue weighted by atomic mass is 16.3. The molecule has 0 saturated carbocycles. The Labute approximate surface area is 460 Å². The van der Waals surface area contributed by atoms with Gasteiger partial charge in [-0.1, -0.05) is 82.8 Å². The van der Waals surface area contributed by atoms with Crippen LogP contribution in [0.3, 0.4) is 0 Å². The Balaban J connectivity index is 0. The number of hydrogen-bond donors (Lipinski definition) is 9. The van der Waals surface area contributed by atoms with Gasteiger partial charge in [0.05, 0.1) is 40.3 Å². The summed E-state index contributed by atoms with van der Waals surface area (Å²) in [4.78, 5) is 104. The Morgan fingerprint density at radius 2 is 1.04 bits per heavy atom. The Kier molecular flexibility index (Phi) is 36.3. The molecule has 1 aliphatic carbocycles. The minimum absolute atomic E-state index is 0.00923. The summed E-state index contributed by atoms with van der Waals surface area (Å²) in [5, 5.41) is 38.1. The highest BCUT2D eigenvalue weighted by Gasteiger charge is 2.27. The van der Waals surface area contributed by atoms with Crippen molar-refractivity contribution in [3.63, 3.8) is 0 Å². The number of amides is 6. The first-order chi connectivity index (χ1) is 36.4. The molecule has 0 radical (unpaired) electrons. The van der Waals surface area contributed by atoms with Crippen LogP contribution in [0.5, 0.6) is 17.2 Å². The topological polar surface area (TPSA) is 290 Å². The van der Waals surface area contributed by atoms with Gasteiger partial charge in [-0.25, -0.2) is 19.2 Å². The van der Waals surface area contributed by atoms with Crippen molar-refractivity contribution in [2.24, 2.45) is 11.8 Å². The lowest BCUT2D eigenvalue weighted by Crippen LogP contribution is -2.81. The number of aromatic hydroxyl groups is 3. The van der Waals surface area contributed by atoms with Crippen molar-refractivity contribution >= 4 is 70.8 Å². The molecule has 1 aliphatic rings. The highest BCUT2D eigenvalue weighted by Crippen LogP contribution is 2.14. The maximum Gasteiger partial charge on any atom is 0.407 e. The number of nitrogens with one attached hydrogen (secondary N) is 6. The average molecular weight is 1080 g/mol. The fraction of sp³-hybridized carbons (Fsp3) is 0.350. The molecular formula is C60H82N6O12+4. The van der Waals surface area contributed by atoms with Crippen LogP contribution in [-0.2, 0) is 56.0 Å². The van der Waals surface area contributed by atoms with Gasteiger partial charge in [0.2, 0.25) is 11.8 Å². The second kappa shape index (κ2) is 39.7. The molecule has 0 bridgehead atoms. The smallest absolute Gasteiger partial charge is 0.407 e. The van der Waals surface area contributed by atoms with Gasteiger partial charge in [0, 0.05) is 52.2 Å². The first-order valence-corrected chi connectivity index (χ1v) is 24.9. The molecular weight excluding hydrogens is 997 g/mol. The number of hydrogen-bond acceptors (Lipinski definition) is 12. The summed E-state index contributed by atoms with van der Waals surface area (Å²) >= 11 is 0. The molecule has 2 unspecified atom stereocenters. The number of phenolic OH excluding ortho intramolecular Hbond substituents is 3. The van der Waals surface area contributed by atoms with Gasteiger partial charge >= 0.3 is 24.1 Å². The molecule has 0 aliphatic heterocycles. The molecule has 3 aromatic carbocycles. The van der Waals surface area contributed by atoms with Crippen molar-refractivity contribution in [1.82, 2.24) is 21.3 Å². The Hall–Kier alpha value is -8.67. The second-order valence-corrected chi connectivity index (χ2v) is 19.0. The zero-order valence-electron chi connectivity index (χ0n) is 47.6. The van der Waals surface area contributed by atoms with E-state index in [2.05, 4.69) is 37.8 Å². The molecule has 18 nitrogen and oxygen atoms in total. The normalized spacial score (nSPS) is 11.4. The molecule has 3 aromatic rings. The zero-order valence-corrected chi connectivity index (χ0v) is 47.6. The number of carbonyl (C=O) groups excluding carboxylic acids is 9. The molecule has 0 saturated heterocycles. The van der Waals surface area contributed by atoms with Gasteiger partial charge in [-0.2, -0.15) is 9.98 Å². The summed E-state index contributed by atoms with van der Waals surface area (Å²) in [6.45, 7) is 27.9. The van der Waals surface area contributed by atoms with Crippen molar-refractivity contribution in [1.29, 1.82) is 0 Å². The Bertz CT molecular complexity index is 2530. The summed E-state index contributed by atoms with van der Waals surface area (Å²) in [7, 11) is 0. The fourth-order valence-electron chi connectivity index (χ4n) is 5.18. The zero-order chi connectivity index (χ0) is 60.1. The number of phenols is 3. The lowest BCUT2D eigenvalue weighted by atomic mass is 10.0. The monoisotopic (exact) mass is 1080 g/mol. The van der Waals surface area contributed by atoms with Gasteiger partial charge in [0.15, 0.2) is 40.9 Å². The van der Waals surface area contributed by atoms with E-state index >= 15 is 0 Å². The van der Waals surface area contributed by atoms with Crippen LogP contribution >= 0.6 is 0 Å². The first-order valence-electron chi connectivity index (χ1n) is 24.9. The molecule has 78 heavy (non-hydrogen) atoms. The minimum Gasteiger partial charge on any atom is -0.508 e. The predicted octanol–water partition coefficient (Wildman–Crippen LogP) is 4.17. The molecule has 420 valence electrons. The van der Waals surface area contributed by atoms with Crippen LogP contribution in [0.2, 0.25) is 0 Å². The molecule has 9 N–H and O–H groups in total. The summed E-state index contributed by atoms with van der Waals surface area (Å²) < 4.78 is 0. The van der Waals surface area contributed by atoms with Crippen molar-refractivity contribution in [2.45, 2.75) is 122 Å². The predicted molar refractivity (Wildman–Crippen MR) is 304 cm³/mol. The summed E-state index contributed by atoms with van der Waals surface area (Å²) in [6.07, 6.45) is 11.2. The number of carbonyl (C=O) groups is 9. The van der Waals surface area contributed by atoms with Gasteiger partial charge in [0.25, 0.3) is 0 Å². The van der Waals surface area contributed by atoms with E-state index in [-0.39, 0.29) is 82.5 Å². The van der Waals surface area contributed by atoms with E-state index in [9.17, 15) is 53.4 Å². The van der Waals surface area contributed by atoms with Crippen LogP contribution in [0.4, 0.5) is 0 Å². The maximum atomic E-state index is 12.2. The third-order valence-electron chi connectivity index (χ3n) is 9.67. The lowest BCUT2D eigenvalue weighted by Gasteiger charge is -2.15. The fourth-order valence-corrected chi connectivity index (χ4v) is 5.18. The van der Waals surface area contributed by atoms with Gasteiger partial charge in [-0.05, 0) is 97.2 Å². The quantitative estimate of drug-likeness (QED) is 0.0523. The van der Waals surface area contributed by atoms with E-state index in [1.165, 1.54) is 26.0 Å². The second-order valence-electron chi connectivity index (χ2n) is 19.0. The summed E-state index contributed by atoms with van der Waals surface area (Å²) in [5.74, 6) is 0.801. The number of benzene rings is 3. The molecule has 2 atom stereocenters. The number of allylic oxidation sites excluding steroid dienone is 5. The van der Waals surface area contributed by atoms with Crippen LogP contribution < -0.4 is 31.3 Å². The van der Waals surface area contributed by atoms with Crippen LogP contribution in [0.25, 0.3) is 6.08 Å². The molecule has 18 heteroatoms. The number of rotatable bonds is 17. The first kappa shape index (κ1) is 71.4. The van der Waals surface area contributed by atoms with E-state index in [4.69, 9.17) is 5.11 Å². The van der Waals surface area contributed by atoms with Crippen LogP contribution in [0.1, 0.15) is 114 Å². The van der Waals surface area contributed by atoms with Gasteiger partial charge in [-0.3, -0.25) is 24.0 Å². The van der Waals surface area contributed by atoms with E-state index < -0.39 is 12.1 Å². The summed E-state index contributed by atoms with van der Waals surface area (Å²) in [5.41, 5.74) is 5.26. The van der Waals surface area contributed by atoms with Crippen molar-refractivity contribution in [2.75, 3.05) is 6.54 Å². The number of Topliss-reactive ketones (excluding diaryl/α,β-unsaturated/α-hetero) is 2. The van der Waals surface area contributed by atoms with E-state index in [0.717, 1.165) is 33.7 Å². The van der Waals surface area contributed by atoms with Crippen LogP contribution in [0, 0.1) is 23.7 Å². The molecule has 0 fully saturated rings. The standard InChI is InChI=1S/C16H22N2O3.C14H17NO3.C12H15NO2.C7H11NO2.C7H6O.C4H7NO/c1-10(2)15(20)18-14(16(21)17-11(3)4)9-12-5-7-13(19)8-6-12;1-9(2)14(18)15-13(10(3)16)8-11-4-6-12(17)7-5-11;1-9(2)12(15)13-8-7-10-3-5-11(14)6-4-10;1-5(2)7(10)8-4-6(3)9;1-6-2-4-7(8)5-3-6;1-4(2)5-3-6/h5-8,10,14,19H,9H2,1-4H3,(H,18,20);4-7,13H,8H2,1-3H3,(H-,15,17,18);3-9,14H,1-2H3,(H,13,15);4H2,1-3H3;2-5H,1H2;3H,1-2H3/p+4. The highest BCUT2D eigenvalue weighted by molar-refractivity contribution is 6.01. The van der Waals surface area contributed by atoms with E-state index in [1.54, 1.807) is 153 Å². The third-order valence-corrected chi connectivity index (χ3v) is 9.67. The summed E-state index contributed by atoms with van der Waals surface area (Å²) in [6, 6.07) is 18.8. The van der Waals surface area contributed by atoms with Gasteiger partial charge in [-0.15, -0.1) is 0 Å². The van der Waals surface area contributed by atoms with Crippen molar-refractivity contribution in [3.05, 3.63) is 144 Å². The van der Waals surface area contributed by atoms with Crippen molar-refractivity contribution < 1.29 is 68.5 Å². The largest absolute Gasteiger partial charge is 0.508 e. The van der Waals surface area contributed by atoms with Crippen LogP contribution in [-0.4, -0.2) is 98.7 Å². The third kappa shape index (κ3) is 37.1. The average Bonchev–Trinajstić information content (AvgIpc) is 3.36. The maximum absolute atomic E-state index is 12.2. The minimum atomic E-state index is -0.639. The number of ketones is 3. The molecule has 6 amide bonds. The van der Waals surface area contributed by atoms with Gasteiger partial charge in [0.1, 0.15) is 23.0 Å². The Morgan fingerprint density at radius 3 is 1.38 bits per heavy atom. The van der Waals surface area contributed by atoms with E-state index in [0.29, 0.717) is 31.1 Å². The molecule has 0 heterocycles. The van der Waals surface area contributed by atoms with E-state index in [1.807, 2.05) is 27.7 Å². The molecule has 4 rings (SSSR count).